The van der Waals surface area contributed by atoms with Crippen LogP contribution in [0.3, 0.4) is 0 Å². The van der Waals surface area contributed by atoms with Gasteiger partial charge in [0, 0.05) is 36.1 Å². The van der Waals surface area contributed by atoms with E-state index in [0.717, 1.165) is 36.3 Å². The third-order valence-corrected chi connectivity index (χ3v) is 6.72. The van der Waals surface area contributed by atoms with E-state index in [9.17, 15) is 0 Å². The zero-order chi connectivity index (χ0) is 23.9. The van der Waals surface area contributed by atoms with Gasteiger partial charge in [-0.1, -0.05) is 36.4 Å². The van der Waals surface area contributed by atoms with Crippen LogP contribution in [0.4, 0.5) is 17.5 Å². The van der Waals surface area contributed by atoms with Crippen LogP contribution in [0.5, 0.6) is 0 Å². The van der Waals surface area contributed by atoms with Crippen LogP contribution in [0, 0.1) is 13.8 Å². The number of hydrogen-bond acceptors (Lipinski definition) is 7. The van der Waals surface area contributed by atoms with Gasteiger partial charge >= 0.3 is 0 Å². The number of aromatic nitrogens is 6. The van der Waals surface area contributed by atoms with E-state index in [1.165, 1.54) is 22.4 Å². The first kappa shape index (κ1) is 21.2. The van der Waals surface area contributed by atoms with E-state index in [0.29, 0.717) is 11.5 Å². The first-order valence-corrected chi connectivity index (χ1v) is 11.7. The van der Waals surface area contributed by atoms with Crippen LogP contribution in [0.1, 0.15) is 22.4 Å². The van der Waals surface area contributed by atoms with Crippen molar-refractivity contribution in [2.75, 3.05) is 22.5 Å². The van der Waals surface area contributed by atoms with Crippen LogP contribution >= 0.6 is 0 Å². The molecule has 5 aromatic rings. The lowest BCUT2D eigenvalue weighted by molar-refractivity contribution is 0.627. The fourth-order valence-corrected chi connectivity index (χ4v) is 4.94. The third-order valence-electron chi connectivity index (χ3n) is 6.72. The SMILES string of the molecule is Cc1ccccc1-n1ncc(CN2CC(Nc3nc(N)nc4[nH]ncc34)Cc3ccccc32)c1C. The Morgan fingerprint density at radius 2 is 1.83 bits per heavy atom. The number of hydrogen-bond donors (Lipinski definition) is 3. The molecule has 0 radical (unpaired) electrons. The average Bonchev–Trinajstić information content (AvgIpc) is 3.46. The Hall–Kier alpha value is -4.40. The van der Waals surface area contributed by atoms with Crippen molar-refractivity contribution in [3.05, 3.63) is 83.3 Å². The van der Waals surface area contributed by atoms with Gasteiger partial charge in [-0.2, -0.15) is 20.2 Å². The Morgan fingerprint density at radius 1 is 1.03 bits per heavy atom. The molecule has 0 aliphatic carbocycles. The van der Waals surface area contributed by atoms with Gasteiger partial charge < -0.3 is 16.0 Å². The van der Waals surface area contributed by atoms with E-state index in [1.54, 1.807) is 6.20 Å². The molecule has 6 rings (SSSR count). The van der Waals surface area contributed by atoms with E-state index >= 15 is 0 Å². The second kappa shape index (κ2) is 8.43. The van der Waals surface area contributed by atoms with Crippen molar-refractivity contribution < 1.29 is 0 Å². The summed E-state index contributed by atoms with van der Waals surface area (Å²) in [6.45, 7) is 5.83. The molecule has 9 nitrogen and oxygen atoms in total. The highest BCUT2D eigenvalue weighted by Gasteiger charge is 2.26. The van der Waals surface area contributed by atoms with Gasteiger partial charge in [0.05, 0.1) is 23.5 Å². The number of fused-ring (bicyclic) bond motifs is 2. The first-order chi connectivity index (χ1) is 17.1. The largest absolute Gasteiger partial charge is 0.368 e. The van der Waals surface area contributed by atoms with E-state index in [4.69, 9.17) is 10.8 Å². The van der Waals surface area contributed by atoms with Crippen LogP contribution < -0.4 is 16.0 Å². The predicted molar refractivity (Wildman–Crippen MR) is 138 cm³/mol. The smallest absolute Gasteiger partial charge is 0.224 e. The van der Waals surface area contributed by atoms with Crippen molar-refractivity contribution in [3.63, 3.8) is 0 Å². The second-order valence-electron chi connectivity index (χ2n) is 9.07. The fourth-order valence-electron chi connectivity index (χ4n) is 4.94. The number of anilines is 3. The molecule has 1 aliphatic heterocycles. The fraction of sp³-hybridized carbons (Fsp3) is 0.231. The number of aromatic amines is 1. The Bertz CT molecular complexity index is 1520. The molecule has 0 saturated heterocycles. The lowest BCUT2D eigenvalue weighted by Gasteiger charge is -2.36. The molecule has 4 heterocycles. The van der Waals surface area contributed by atoms with Gasteiger partial charge in [-0.3, -0.25) is 5.10 Å². The zero-order valence-corrected chi connectivity index (χ0v) is 19.7. The van der Waals surface area contributed by atoms with E-state index < -0.39 is 0 Å². The Labute approximate surface area is 203 Å². The molecule has 1 aliphatic rings. The lowest BCUT2D eigenvalue weighted by Crippen LogP contribution is -2.42. The van der Waals surface area contributed by atoms with E-state index in [1.807, 2.05) is 10.9 Å². The molecule has 1 atom stereocenters. The summed E-state index contributed by atoms with van der Waals surface area (Å²) in [5.74, 6) is 0.922. The number of benzene rings is 2. The van der Waals surface area contributed by atoms with Gasteiger partial charge in [0.2, 0.25) is 5.95 Å². The highest BCUT2D eigenvalue weighted by molar-refractivity contribution is 5.87. The topological polar surface area (TPSA) is 114 Å². The number of aryl methyl sites for hydroxylation is 1. The van der Waals surface area contributed by atoms with Gasteiger partial charge in [-0.05, 0) is 43.5 Å². The number of nitrogens with one attached hydrogen (secondary N) is 2. The molecule has 2 aromatic carbocycles. The van der Waals surface area contributed by atoms with Gasteiger partial charge in [-0.15, -0.1) is 0 Å². The summed E-state index contributed by atoms with van der Waals surface area (Å²) in [6.07, 6.45) is 4.61. The molecule has 35 heavy (non-hydrogen) atoms. The van der Waals surface area contributed by atoms with Crippen molar-refractivity contribution in [2.24, 2.45) is 0 Å². The number of rotatable bonds is 5. The quantitative estimate of drug-likeness (QED) is 0.362. The van der Waals surface area contributed by atoms with E-state index in [2.05, 4.69) is 92.8 Å². The first-order valence-electron chi connectivity index (χ1n) is 11.7. The molecule has 0 bridgehead atoms. The summed E-state index contributed by atoms with van der Waals surface area (Å²) in [5.41, 5.74) is 13.8. The van der Waals surface area contributed by atoms with Crippen LogP contribution in [-0.2, 0) is 13.0 Å². The van der Waals surface area contributed by atoms with Crippen LogP contribution in [0.15, 0.2) is 60.9 Å². The van der Waals surface area contributed by atoms with Crippen LogP contribution in [-0.4, -0.2) is 42.5 Å². The van der Waals surface area contributed by atoms with Crippen molar-refractivity contribution in [1.29, 1.82) is 0 Å². The van der Waals surface area contributed by atoms with E-state index in [-0.39, 0.29) is 12.0 Å². The molecule has 0 spiro atoms. The lowest BCUT2D eigenvalue weighted by atomic mass is 9.97. The number of H-pyrrole nitrogens is 1. The van der Waals surface area contributed by atoms with Gasteiger partial charge in [-0.25, -0.2) is 4.68 Å². The molecule has 0 saturated carbocycles. The Morgan fingerprint density at radius 3 is 2.69 bits per heavy atom. The molecule has 4 N–H and O–H groups in total. The zero-order valence-electron chi connectivity index (χ0n) is 19.7. The third kappa shape index (κ3) is 3.84. The van der Waals surface area contributed by atoms with Crippen molar-refractivity contribution in [3.8, 4) is 5.69 Å². The van der Waals surface area contributed by atoms with Crippen molar-refractivity contribution in [1.82, 2.24) is 29.9 Å². The molecule has 0 amide bonds. The number of nitrogens with zero attached hydrogens (tertiary/aromatic N) is 6. The monoisotopic (exact) mass is 465 g/mol. The number of nitrogen functional groups attached to an aromatic ring is 1. The summed E-state index contributed by atoms with van der Waals surface area (Å²) in [4.78, 5) is 11.1. The van der Waals surface area contributed by atoms with Gasteiger partial charge in [0.1, 0.15) is 5.82 Å². The molecular weight excluding hydrogens is 438 g/mol. The molecule has 1 unspecified atom stereocenters. The average molecular weight is 466 g/mol. The minimum absolute atomic E-state index is 0.143. The highest BCUT2D eigenvalue weighted by atomic mass is 15.3. The van der Waals surface area contributed by atoms with Gasteiger partial charge in [0.25, 0.3) is 0 Å². The highest BCUT2D eigenvalue weighted by Crippen LogP contribution is 2.31. The van der Waals surface area contributed by atoms with Crippen LogP contribution in [0.2, 0.25) is 0 Å². The molecule has 176 valence electrons. The summed E-state index contributed by atoms with van der Waals surface area (Å²) < 4.78 is 2.04. The molecular formula is C26H27N9. The Kier molecular flexibility index (Phi) is 5.09. The minimum Gasteiger partial charge on any atom is -0.368 e. The Balaban J connectivity index is 1.30. The summed E-state index contributed by atoms with van der Waals surface area (Å²) >= 11 is 0. The summed E-state index contributed by atoms with van der Waals surface area (Å²) in [7, 11) is 0. The number of para-hydroxylation sites is 2. The maximum Gasteiger partial charge on any atom is 0.224 e. The normalized spacial score (nSPS) is 15.4. The van der Waals surface area contributed by atoms with Crippen molar-refractivity contribution >= 4 is 28.5 Å². The maximum absolute atomic E-state index is 5.94. The molecule has 9 heteroatoms. The predicted octanol–water partition coefficient (Wildman–Crippen LogP) is 3.78. The molecule has 0 fully saturated rings. The van der Waals surface area contributed by atoms with Gasteiger partial charge in [0.15, 0.2) is 5.65 Å². The second-order valence-corrected chi connectivity index (χ2v) is 9.07. The van der Waals surface area contributed by atoms with Crippen molar-refractivity contribution in [2.45, 2.75) is 32.9 Å². The maximum atomic E-state index is 5.94. The minimum atomic E-state index is 0.143. The summed E-state index contributed by atoms with van der Waals surface area (Å²) in [5, 5.41) is 16.1. The standard InChI is InChI=1S/C26H27N9/c1-16-7-3-5-9-22(16)35-17(2)19(12-29-35)14-34-15-20(11-18-8-4-6-10-23(18)34)30-24-21-13-28-33-25(21)32-26(27)31-24/h3-10,12-13,20H,11,14-15H2,1-2H3,(H4,27,28,30,31,32,33). The number of nitrogens with two attached hydrogens (primary N) is 1. The van der Waals surface area contributed by atoms with Crippen LogP contribution in [0.25, 0.3) is 16.7 Å². The summed E-state index contributed by atoms with van der Waals surface area (Å²) in [6, 6.07) is 17.1. The molecule has 3 aromatic heterocycles.